The Balaban J connectivity index is 1.88. The van der Waals surface area contributed by atoms with Crippen molar-refractivity contribution in [3.8, 4) is 0 Å². The van der Waals surface area contributed by atoms with Gasteiger partial charge in [0.25, 0.3) is 0 Å². The highest BCUT2D eigenvalue weighted by Gasteiger charge is 2.33. The summed E-state index contributed by atoms with van der Waals surface area (Å²) in [5.41, 5.74) is 0. The van der Waals surface area contributed by atoms with Crippen molar-refractivity contribution < 1.29 is 17.9 Å². The van der Waals surface area contributed by atoms with Gasteiger partial charge in [0.05, 0.1) is 22.1 Å². The Morgan fingerprint density at radius 3 is 2.44 bits per heavy atom. The van der Waals surface area contributed by atoms with Crippen molar-refractivity contribution in [1.29, 1.82) is 0 Å². The molecule has 1 fully saturated rings. The van der Waals surface area contributed by atoms with Gasteiger partial charge in [0.1, 0.15) is 0 Å². The predicted octanol–water partition coefficient (Wildman–Crippen LogP) is 4.70. The summed E-state index contributed by atoms with van der Waals surface area (Å²) < 4.78 is 32.6. The van der Waals surface area contributed by atoms with E-state index >= 15 is 0 Å². The van der Waals surface area contributed by atoms with Crippen LogP contribution in [0, 0.1) is 17.8 Å². The van der Waals surface area contributed by atoms with Crippen LogP contribution >= 0.6 is 11.8 Å². The van der Waals surface area contributed by atoms with Crippen molar-refractivity contribution in [2.45, 2.75) is 91.8 Å². The Morgan fingerprint density at radius 2 is 1.88 bits per heavy atom. The summed E-state index contributed by atoms with van der Waals surface area (Å²) >= 11 is 1.86. The van der Waals surface area contributed by atoms with Crippen LogP contribution in [0.4, 0.5) is 4.79 Å². The van der Waals surface area contributed by atoms with Gasteiger partial charge in [-0.2, -0.15) is 0 Å². The molecular formula is C23H41N3O4S2. The Hall–Kier alpha value is -1.06. The van der Waals surface area contributed by atoms with Gasteiger partial charge in [0.2, 0.25) is 10.0 Å². The van der Waals surface area contributed by atoms with Crippen LogP contribution in [0.25, 0.3) is 0 Å². The van der Waals surface area contributed by atoms with Crippen LogP contribution in [0.2, 0.25) is 0 Å². The molecule has 0 radical (unpaired) electrons. The third-order valence-corrected chi connectivity index (χ3v) is 9.47. The maximum Gasteiger partial charge on any atom is 0.407 e. The first-order chi connectivity index (χ1) is 15.1. The zero-order chi connectivity index (χ0) is 23.9. The number of nitrogens with zero attached hydrogens (tertiary/aromatic N) is 1. The molecule has 1 heterocycles. The van der Waals surface area contributed by atoms with Crippen molar-refractivity contribution in [1.82, 2.24) is 10.0 Å². The molecule has 184 valence electrons. The van der Waals surface area contributed by atoms with E-state index in [1.807, 2.05) is 25.6 Å². The number of thioether (sulfide) groups is 1. The fourth-order valence-electron chi connectivity index (χ4n) is 4.35. The number of ether oxygens (including phenoxy) is 1. The Morgan fingerprint density at radius 1 is 1.22 bits per heavy atom. The second kappa shape index (κ2) is 12.4. The summed E-state index contributed by atoms with van der Waals surface area (Å²) in [6.07, 6.45) is 5.75. The second-order valence-electron chi connectivity index (χ2n) is 9.29. The van der Waals surface area contributed by atoms with Crippen molar-refractivity contribution in [2.24, 2.45) is 22.7 Å². The molecule has 9 heteroatoms. The quantitative estimate of drug-likeness (QED) is 0.466. The maximum atomic E-state index is 12.4. The number of allylic oxidation sites excluding steroid dienone is 2. The van der Waals surface area contributed by atoms with Crippen molar-refractivity contribution in [3.05, 3.63) is 11.0 Å². The summed E-state index contributed by atoms with van der Waals surface area (Å²) in [6.45, 7) is 12.0. The molecule has 0 bridgehead atoms. The predicted molar refractivity (Wildman–Crippen MR) is 133 cm³/mol. The van der Waals surface area contributed by atoms with Crippen LogP contribution in [0.3, 0.4) is 0 Å². The normalized spacial score (nSPS) is 26.5. The number of alkyl carbamates (subject to hydrolysis) is 1. The molecular weight excluding hydrogens is 446 g/mol. The van der Waals surface area contributed by atoms with Gasteiger partial charge in [-0.05, 0) is 64.7 Å². The smallest absolute Gasteiger partial charge is 0.407 e. The number of nitrogens with one attached hydrogen (secondary N) is 2. The van der Waals surface area contributed by atoms with E-state index in [0.29, 0.717) is 29.7 Å². The molecule has 1 aliphatic heterocycles. The highest BCUT2D eigenvalue weighted by molar-refractivity contribution is 8.14. The summed E-state index contributed by atoms with van der Waals surface area (Å²) in [4.78, 5) is 17.4. The van der Waals surface area contributed by atoms with Crippen LogP contribution in [0.15, 0.2) is 16.0 Å². The molecule has 0 aromatic heterocycles. The Labute approximate surface area is 198 Å². The first-order valence-electron chi connectivity index (χ1n) is 11.9. The number of aliphatic imine (C=N–C) groups is 1. The average Bonchev–Trinajstić information content (AvgIpc) is 3.21. The summed E-state index contributed by atoms with van der Waals surface area (Å²) in [5.74, 6) is 1.95. The number of sulfonamides is 1. The lowest BCUT2D eigenvalue weighted by Crippen LogP contribution is -2.39. The van der Waals surface area contributed by atoms with Gasteiger partial charge in [-0.1, -0.05) is 26.8 Å². The van der Waals surface area contributed by atoms with Gasteiger partial charge in [-0.25, -0.2) is 17.9 Å². The van der Waals surface area contributed by atoms with Crippen LogP contribution in [-0.4, -0.2) is 50.0 Å². The highest BCUT2D eigenvalue weighted by atomic mass is 32.2. The van der Waals surface area contributed by atoms with E-state index in [2.05, 4.69) is 23.9 Å². The van der Waals surface area contributed by atoms with E-state index in [1.165, 1.54) is 5.04 Å². The number of hydrogen-bond acceptors (Lipinski definition) is 6. The molecule has 0 aromatic carbocycles. The molecule has 0 aromatic rings. The van der Waals surface area contributed by atoms with Crippen molar-refractivity contribution in [2.75, 3.05) is 12.3 Å². The standard InChI is InChI=1S/C23H41N3O4S2/c1-7-20(32(28,29)24-8-2)13-16(5)17(6)21-14-31-22(26-21)18-9-11-19(12-10-18)25-23(27)30-15(3)4/h7,15-19,21,24H,8-14H2,1-6H3,(H,25,27)/b20-7+/t16-,17+,18?,19?,21?/m1/s1. The van der Waals surface area contributed by atoms with E-state index in [9.17, 15) is 13.2 Å². The lowest BCUT2D eigenvalue weighted by molar-refractivity contribution is 0.109. The minimum atomic E-state index is -3.39. The first kappa shape index (κ1) is 27.2. The van der Waals surface area contributed by atoms with Crippen LogP contribution < -0.4 is 10.0 Å². The van der Waals surface area contributed by atoms with Gasteiger partial charge in [0, 0.05) is 24.3 Å². The Kier molecular flexibility index (Phi) is 10.5. The topological polar surface area (TPSA) is 96.9 Å². The van der Waals surface area contributed by atoms with Gasteiger partial charge < -0.3 is 10.1 Å². The molecule has 2 aliphatic rings. The minimum absolute atomic E-state index is 0.108. The molecule has 7 nitrogen and oxygen atoms in total. The van der Waals surface area contributed by atoms with Gasteiger partial charge >= 0.3 is 6.09 Å². The number of rotatable bonds is 10. The lowest BCUT2D eigenvalue weighted by atomic mass is 9.85. The average molecular weight is 488 g/mol. The molecule has 2 N–H and O–H groups in total. The molecule has 1 unspecified atom stereocenters. The maximum absolute atomic E-state index is 12.4. The van der Waals surface area contributed by atoms with Gasteiger partial charge in [0.15, 0.2) is 0 Å². The fourth-order valence-corrected chi connectivity index (χ4v) is 7.11. The zero-order valence-corrected chi connectivity index (χ0v) is 22.0. The fraction of sp³-hybridized carbons (Fsp3) is 0.826. The Bertz CT molecular complexity index is 787. The first-order valence-corrected chi connectivity index (χ1v) is 14.4. The van der Waals surface area contributed by atoms with Crippen LogP contribution in [0.5, 0.6) is 0 Å². The SMILES string of the molecule is C/C=C(\C[C@@H](C)[C@H](C)C1CSC(C2CCC(NC(=O)OC(C)C)CC2)=N1)S(=O)(=O)NCC. The lowest BCUT2D eigenvalue weighted by Gasteiger charge is -2.29. The number of amides is 1. The van der Waals surface area contributed by atoms with E-state index < -0.39 is 10.0 Å². The van der Waals surface area contributed by atoms with E-state index in [4.69, 9.17) is 9.73 Å². The monoisotopic (exact) mass is 487 g/mol. The number of carbonyl (C=O) groups excluding carboxylic acids is 1. The van der Waals surface area contributed by atoms with E-state index in [0.717, 1.165) is 31.4 Å². The van der Waals surface area contributed by atoms with Crippen LogP contribution in [-0.2, 0) is 14.8 Å². The molecule has 1 aliphatic carbocycles. The molecule has 0 saturated heterocycles. The molecule has 1 amide bonds. The van der Waals surface area contributed by atoms with Crippen molar-refractivity contribution in [3.63, 3.8) is 0 Å². The minimum Gasteiger partial charge on any atom is -0.447 e. The molecule has 2 rings (SSSR count). The molecule has 0 spiro atoms. The zero-order valence-electron chi connectivity index (χ0n) is 20.4. The second-order valence-corrected chi connectivity index (χ2v) is 12.1. The van der Waals surface area contributed by atoms with Crippen LogP contribution in [0.1, 0.15) is 73.6 Å². The third-order valence-electron chi connectivity index (χ3n) is 6.47. The molecule has 3 atom stereocenters. The highest BCUT2D eigenvalue weighted by Crippen LogP contribution is 2.37. The van der Waals surface area contributed by atoms with E-state index in [1.54, 1.807) is 19.9 Å². The van der Waals surface area contributed by atoms with Gasteiger partial charge in [-0.3, -0.25) is 4.99 Å². The van der Waals surface area contributed by atoms with E-state index in [-0.39, 0.29) is 30.2 Å². The summed E-state index contributed by atoms with van der Waals surface area (Å²) in [6, 6.07) is 0.402. The largest absolute Gasteiger partial charge is 0.447 e. The molecule has 1 saturated carbocycles. The summed E-state index contributed by atoms with van der Waals surface area (Å²) in [7, 11) is -3.39. The number of carbonyl (C=O) groups is 1. The van der Waals surface area contributed by atoms with Gasteiger partial charge in [-0.15, -0.1) is 11.8 Å². The molecule has 32 heavy (non-hydrogen) atoms. The number of hydrogen-bond donors (Lipinski definition) is 2. The summed E-state index contributed by atoms with van der Waals surface area (Å²) in [5, 5.41) is 4.22. The third kappa shape index (κ3) is 7.76. The van der Waals surface area contributed by atoms with Crippen molar-refractivity contribution >= 4 is 32.9 Å².